The van der Waals surface area contributed by atoms with Gasteiger partial charge < -0.3 is 15.4 Å². The zero-order valence-electron chi connectivity index (χ0n) is 11.5. The normalized spacial score (nSPS) is 23.8. The number of benzene rings is 1. The average Bonchev–Trinajstić information content (AvgIpc) is 2.78. The molecule has 2 N–H and O–H groups in total. The van der Waals surface area contributed by atoms with Crippen LogP contribution in [0.15, 0.2) is 24.3 Å². The van der Waals surface area contributed by atoms with Crippen LogP contribution in [0.5, 0.6) is 0 Å². The highest BCUT2D eigenvalue weighted by atomic mass is 16.5. The molecule has 1 fully saturated rings. The first kappa shape index (κ1) is 13.5. The van der Waals surface area contributed by atoms with Crippen LogP contribution in [-0.4, -0.2) is 38.3 Å². The molecule has 1 heterocycles. The van der Waals surface area contributed by atoms with Crippen molar-refractivity contribution in [1.82, 2.24) is 4.90 Å². The number of hydrogen-bond acceptors (Lipinski definition) is 3. The lowest BCUT2D eigenvalue weighted by Gasteiger charge is -2.31. The minimum absolute atomic E-state index is 0.165. The Bertz CT molecular complexity index is 386. The Hall–Kier alpha value is -0.900. The van der Waals surface area contributed by atoms with Crippen LogP contribution >= 0.6 is 0 Å². The SMILES string of the molecule is Cc1cccc(CN(C)CC2(CN)CCOC2)c1. The smallest absolute Gasteiger partial charge is 0.0547 e. The van der Waals surface area contributed by atoms with Crippen LogP contribution < -0.4 is 5.73 Å². The maximum Gasteiger partial charge on any atom is 0.0547 e. The zero-order chi connectivity index (χ0) is 13.0. The van der Waals surface area contributed by atoms with Gasteiger partial charge in [0.15, 0.2) is 0 Å². The second-order valence-corrected chi connectivity index (χ2v) is 5.67. The summed E-state index contributed by atoms with van der Waals surface area (Å²) in [5.74, 6) is 0. The lowest BCUT2D eigenvalue weighted by Crippen LogP contribution is -2.41. The molecule has 1 aliphatic heterocycles. The quantitative estimate of drug-likeness (QED) is 0.863. The van der Waals surface area contributed by atoms with E-state index in [1.54, 1.807) is 0 Å². The summed E-state index contributed by atoms with van der Waals surface area (Å²) >= 11 is 0. The van der Waals surface area contributed by atoms with Gasteiger partial charge in [-0.15, -0.1) is 0 Å². The van der Waals surface area contributed by atoms with Crippen molar-refractivity contribution in [2.45, 2.75) is 19.9 Å². The van der Waals surface area contributed by atoms with E-state index in [2.05, 4.69) is 43.1 Å². The molecule has 0 bridgehead atoms. The third kappa shape index (κ3) is 3.31. The molecule has 100 valence electrons. The van der Waals surface area contributed by atoms with E-state index in [4.69, 9.17) is 10.5 Å². The molecule has 1 aromatic carbocycles. The number of hydrogen-bond donors (Lipinski definition) is 1. The van der Waals surface area contributed by atoms with Crippen LogP contribution in [0.1, 0.15) is 17.5 Å². The lowest BCUT2D eigenvalue weighted by atomic mass is 9.87. The molecule has 0 saturated carbocycles. The summed E-state index contributed by atoms with van der Waals surface area (Å²) in [4.78, 5) is 2.36. The molecule has 1 atom stereocenters. The molecule has 1 aromatic rings. The van der Waals surface area contributed by atoms with Gasteiger partial charge in [-0.2, -0.15) is 0 Å². The molecule has 18 heavy (non-hydrogen) atoms. The van der Waals surface area contributed by atoms with Crippen molar-refractivity contribution in [3.05, 3.63) is 35.4 Å². The van der Waals surface area contributed by atoms with Crippen molar-refractivity contribution in [2.24, 2.45) is 11.1 Å². The van der Waals surface area contributed by atoms with Gasteiger partial charge in [0.2, 0.25) is 0 Å². The fourth-order valence-corrected chi connectivity index (χ4v) is 2.75. The maximum absolute atomic E-state index is 5.93. The van der Waals surface area contributed by atoms with Crippen LogP contribution in [-0.2, 0) is 11.3 Å². The van der Waals surface area contributed by atoms with Gasteiger partial charge >= 0.3 is 0 Å². The molecule has 0 amide bonds. The first-order chi connectivity index (χ1) is 8.63. The molecule has 1 aliphatic rings. The van der Waals surface area contributed by atoms with Crippen LogP contribution in [0.3, 0.4) is 0 Å². The highest BCUT2D eigenvalue weighted by Crippen LogP contribution is 2.28. The summed E-state index contributed by atoms with van der Waals surface area (Å²) in [5.41, 5.74) is 8.78. The second kappa shape index (κ2) is 5.83. The first-order valence-corrected chi connectivity index (χ1v) is 6.65. The molecule has 3 heteroatoms. The Morgan fingerprint density at radius 2 is 2.28 bits per heavy atom. The van der Waals surface area contributed by atoms with Gasteiger partial charge in [0.05, 0.1) is 6.61 Å². The van der Waals surface area contributed by atoms with Gasteiger partial charge in [0.1, 0.15) is 0 Å². The summed E-state index contributed by atoms with van der Waals surface area (Å²) in [6.45, 7) is 6.50. The number of aryl methyl sites for hydroxylation is 1. The second-order valence-electron chi connectivity index (χ2n) is 5.67. The zero-order valence-corrected chi connectivity index (χ0v) is 11.5. The Morgan fingerprint density at radius 1 is 1.44 bits per heavy atom. The van der Waals surface area contributed by atoms with E-state index < -0.39 is 0 Å². The van der Waals surface area contributed by atoms with Crippen molar-refractivity contribution in [2.75, 3.05) is 33.4 Å². The van der Waals surface area contributed by atoms with Crippen LogP contribution in [0, 0.1) is 12.3 Å². The molecule has 0 aromatic heterocycles. The molecule has 0 spiro atoms. The number of ether oxygens (including phenoxy) is 1. The van der Waals surface area contributed by atoms with Gasteiger partial charge in [0.25, 0.3) is 0 Å². The minimum Gasteiger partial charge on any atom is -0.381 e. The standard InChI is InChI=1S/C15H24N2O/c1-13-4-3-5-14(8-13)9-17(2)11-15(10-16)6-7-18-12-15/h3-5,8H,6-7,9-12,16H2,1-2H3. The fourth-order valence-electron chi connectivity index (χ4n) is 2.75. The maximum atomic E-state index is 5.93. The number of nitrogens with two attached hydrogens (primary N) is 1. The molecule has 2 rings (SSSR count). The Morgan fingerprint density at radius 3 is 2.89 bits per heavy atom. The van der Waals surface area contributed by atoms with Gasteiger partial charge in [0, 0.05) is 31.7 Å². The average molecular weight is 248 g/mol. The summed E-state index contributed by atoms with van der Waals surface area (Å²) in [6, 6.07) is 8.69. The molecular weight excluding hydrogens is 224 g/mol. The predicted molar refractivity (Wildman–Crippen MR) is 74.4 cm³/mol. The predicted octanol–water partition coefficient (Wildman–Crippen LogP) is 1.79. The van der Waals surface area contributed by atoms with Gasteiger partial charge in [-0.05, 0) is 26.0 Å². The van der Waals surface area contributed by atoms with Crippen molar-refractivity contribution >= 4 is 0 Å². The molecule has 3 nitrogen and oxygen atoms in total. The van der Waals surface area contributed by atoms with Gasteiger partial charge in [-0.25, -0.2) is 0 Å². The first-order valence-electron chi connectivity index (χ1n) is 6.65. The summed E-state index contributed by atoms with van der Waals surface area (Å²) in [5, 5.41) is 0. The number of nitrogens with zero attached hydrogens (tertiary/aromatic N) is 1. The van der Waals surface area contributed by atoms with E-state index in [0.717, 1.165) is 32.7 Å². The Balaban J connectivity index is 1.93. The van der Waals surface area contributed by atoms with Crippen LogP contribution in [0.25, 0.3) is 0 Å². The van der Waals surface area contributed by atoms with Gasteiger partial charge in [-0.1, -0.05) is 29.8 Å². The topological polar surface area (TPSA) is 38.5 Å². The molecular formula is C15H24N2O. The third-order valence-electron chi connectivity index (χ3n) is 3.76. The monoisotopic (exact) mass is 248 g/mol. The van der Waals surface area contributed by atoms with E-state index in [1.165, 1.54) is 11.1 Å². The van der Waals surface area contributed by atoms with E-state index in [1.807, 2.05) is 0 Å². The molecule has 1 saturated heterocycles. The number of rotatable bonds is 5. The third-order valence-corrected chi connectivity index (χ3v) is 3.76. The largest absolute Gasteiger partial charge is 0.381 e. The Labute approximate surface area is 110 Å². The lowest BCUT2D eigenvalue weighted by molar-refractivity contribution is 0.123. The minimum atomic E-state index is 0.165. The van der Waals surface area contributed by atoms with Crippen molar-refractivity contribution in [3.63, 3.8) is 0 Å². The summed E-state index contributed by atoms with van der Waals surface area (Å²) in [7, 11) is 2.16. The molecule has 0 radical (unpaired) electrons. The fraction of sp³-hybridized carbons (Fsp3) is 0.600. The van der Waals surface area contributed by atoms with Crippen molar-refractivity contribution in [3.8, 4) is 0 Å². The van der Waals surface area contributed by atoms with Crippen molar-refractivity contribution in [1.29, 1.82) is 0 Å². The summed E-state index contributed by atoms with van der Waals surface area (Å²) < 4.78 is 5.51. The van der Waals surface area contributed by atoms with E-state index in [-0.39, 0.29) is 5.41 Å². The Kier molecular flexibility index (Phi) is 4.38. The van der Waals surface area contributed by atoms with Crippen LogP contribution in [0.4, 0.5) is 0 Å². The van der Waals surface area contributed by atoms with Gasteiger partial charge in [-0.3, -0.25) is 0 Å². The van der Waals surface area contributed by atoms with E-state index >= 15 is 0 Å². The molecule has 0 aliphatic carbocycles. The van der Waals surface area contributed by atoms with E-state index in [0.29, 0.717) is 6.54 Å². The van der Waals surface area contributed by atoms with E-state index in [9.17, 15) is 0 Å². The molecule has 1 unspecified atom stereocenters. The summed E-state index contributed by atoms with van der Waals surface area (Å²) in [6.07, 6.45) is 1.08. The van der Waals surface area contributed by atoms with Crippen molar-refractivity contribution < 1.29 is 4.74 Å². The highest BCUT2D eigenvalue weighted by Gasteiger charge is 2.34. The highest BCUT2D eigenvalue weighted by molar-refractivity contribution is 5.22. The van der Waals surface area contributed by atoms with Crippen LogP contribution in [0.2, 0.25) is 0 Å².